The Balaban J connectivity index is 0.000000423. The van der Waals surface area contributed by atoms with Crippen LogP contribution in [0.3, 0.4) is 0 Å². The Hall–Kier alpha value is -1.77. The van der Waals surface area contributed by atoms with E-state index in [-0.39, 0.29) is 12.5 Å². The monoisotopic (exact) mass is 338 g/mol. The van der Waals surface area contributed by atoms with Gasteiger partial charge in [-0.2, -0.15) is 0 Å². The van der Waals surface area contributed by atoms with Crippen LogP contribution in [0.2, 0.25) is 0 Å². The predicted molar refractivity (Wildman–Crippen MR) is 78.2 cm³/mol. The second-order valence-corrected chi connectivity index (χ2v) is 5.56. The van der Waals surface area contributed by atoms with Gasteiger partial charge in [-0.1, -0.05) is 13.8 Å². The van der Waals surface area contributed by atoms with Crippen LogP contribution in [0.1, 0.15) is 20.3 Å². The van der Waals surface area contributed by atoms with E-state index in [4.69, 9.17) is 0 Å². The van der Waals surface area contributed by atoms with Gasteiger partial charge in [-0.3, -0.25) is 9.69 Å². The van der Waals surface area contributed by atoms with E-state index in [1.807, 2.05) is 13.8 Å². The van der Waals surface area contributed by atoms with Crippen LogP contribution in [0.25, 0.3) is 0 Å². The third-order valence-electron chi connectivity index (χ3n) is 3.31. The highest BCUT2D eigenvalue weighted by Gasteiger charge is 2.46. The van der Waals surface area contributed by atoms with E-state index in [1.54, 1.807) is 0 Å². The van der Waals surface area contributed by atoms with Crippen molar-refractivity contribution in [3.8, 4) is 0 Å². The molecule has 0 aromatic rings. The zero-order valence-electron chi connectivity index (χ0n) is 14.0. The maximum Gasteiger partial charge on any atom is 0.407 e. The number of esters is 1. The number of likely N-dealkylation sites (tertiary alicyclic amines) is 1. The number of likely N-dealkylation sites (N-methyl/N-ethyl adjacent to an activating group) is 1. The van der Waals surface area contributed by atoms with Gasteiger partial charge >= 0.3 is 12.1 Å². The van der Waals surface area contributed by atoms with Crippen molar-refractivity contribution in [2.24, 2.45) is 5.92 Å². The third-order valence-corrected chi connectivity index (χ3v) is 3.31. The maximum absolute atomic E-state index is 12.7. The van der Waals surface area contributed by atoms with Gasteiger partial charge in [0.25, 0.3) is 5.92 Å². The number of methoxy groups -OCH3 is 2. The second kappa shape index (κ2) is 9.39. The lowest BCUT2D eigenvalue weighted by Gasteiger charge is -2.14. The number of halogens is 2. The molecule has 1 aliphatic rings. The molecule has 1 rings (SSSR count). The molecule has 0 spiro atoms. The van der Waals surface area contributed by atoms with Crippen LogP contribution in [-0.2, 0) is 19.1 Å². The van der Waals surface area contributed by atoms with Crippen molar-refractivity contribution >= 4 is 18.3 Å². The largest absolute Gasteiger partial charge is 0.468 e. The van der Waals surface area contributed by atoms with Crippen molar-refractivity contribution < 1.29 is 32.6 Å². The minimum atomic E-state index is -2.76. The zero-order chi connectivity index (χ0) is 18.2. The molecule has 134 valence electrons. The van der Waals surface area contributed by atoms with E-state index in [1.165, 1.54) is 26.2 Å². The Morgan fingerprint density at radius 3 is 2.17 bits per heavy atom. The third kappa shape index (κ3) is 7.36. The number of hydrogen-bond acceptors (Lipinski definition) is 6. The number of carbonyl (C=O) groups is 3. The van der Waals surface area contributed by atoms with Gasteiger partial charge in [0, 0.05) is 6.42 Å². The van der Waals surface area contributed by atoms with Crippen molar-refractivity contribution in [3.63, 3.8) is 0 Å². The number of alkyl carbamates (subject to hydrolysis) is 1. The summed E-state index contributed by atoms with van der Waals surface area (Å²) >= 11 is 0. The van der Waals surface area contributed by atoms with E-state index in [0.717, 1.165) is 0 Å². The van der Waals surface area contributed by atoms with E-state index in [0.29, 0.717) is 6.29 Å². The molecule has 0 bridgehead atoms. The maximum atomic E-state index is 12.7. The number of carbonyl (C=O) groups excluding carboxylic acids is 3. The number of aldehydes is 1. The number of alkyl halides is 2. The van der Waals surface area contributed by atoms with Gasteiger partial charge in [0.05, 0.1) is 26.8 Å². The first kappa shape index (κ1) is 21.2. The first-order valence-corrected chi connectivity index (χ1v) is 7.03. The number of ether oxygens (including phenoxy) is 2. The summed E-state index contributed by atoms with van der Waals surface area (Å²) in [6.07, 6.45) is -0.312. The van der Waals surface area contributed by atoms with Crippen molar-refractivity contribution in [1.29, 1.82) is 0 Å². The van der Waals surface area contributed by atoms with Crippen LogP contribution < -0.4 is 5.32 Å². The van der Waals surface area contributed by atoms with Crippen LogP contribution in [0.5, 0.6) is 0 Å². The summed E-state index contributed by atoms with van der Waals surface area (Å²) < 4.78 is 34.1. The Morgan fingerprint density at radius 1 is 1.30 bits per heavy atom. The van der Waals surface area contributed by atoms with Gasteiger partial charge < -0.3 is 19.6 Å². The lowest BCUT2D eigenvalue weighted by atomic mass is 10.1. The predicted octanol–water partition coefficient (Wildman–Crippen LogP) is 1.06. The second-order valence-electron chi connectivity index (χ2n) is 5.56. The fourth-order valence-corrected chi connectivity index (χ4v) is 1.93. The summed E-state index contributed by atoms with van der Waals surface area (Å²) in [5.41, 5.74) is 0. The Labute approximate surface area is 134 Å². The molecule has 0 aromatic heterocycles. The zero-order valence-corrected chi connectivity index (χ0v) is 14.0. The molecule has 0 aromatic carbocycles. The van der Waals surface area contributed by atoms with Crippen LogP contribution >= 0.6 is 0 Å². The number of rotatable bonds is 4. The minimum absolute atomic E-state index is 0.0894. The average molecular weight is 338 g/mol. The summed E-state index contributed by atoms with van der Waals surface area (Å²) in [6, 6.07) is -1.24. The van der Waals surface area contributed by atoms with E-state index in [2.05, 4.69) is 14.8 Å². The number of amides is 1. The first-order chi connectivity index (χ1) is 10.6. The molecule has 7 nitrogen and oxygen atoms in total. The molecule has 9 heteroatoms. The summed E-state index contributed by atoms with van der Waals surface area (Å²) in [6.45, 7) is 3.32. The molecular weight excluding hydrogens is 314 g/mol. The van der Waals surface area contributed by atoms with Gasteiger partial charge in [-0.25, -0.2) is 13.6 Å². The Bertz CT molecular complexity index is 418. The lowest BCUT2D eigenvalue weighted by molar-refractivity contribution is -0.145. The Kier molecular flexibility index (Phi) is 8.66. The van der Waals surface area contributed by atoms with Gasteiger partial charge in [-0.05, 0) is 13.0 Å². The van der Waals surface area contributed by atoms with Crippen molar-refractivity contribution in [1.82, 2.24) is 10.2 Å². The molecule has 1 N–H and O–H groups in total. The molecule has 1 saturated heterocycles. The molecule has 1 amide bonds. The topological polar surface area (TPSA) is 84.9 Å². The van der Waals surface area contributed by atoms with Crippen molar-refractivity contribution in [3.05, 3.63) is 0 Å². The summed E-state index contributed by atoms with van der Waals surface area (Å²) in [5.74, 6) is -3.26. The molecule has 1 heterocycles. The number of hydrogen-bond donors (Lipinski definition) is 1. The molecule has 2 unspecified atom stereocenters. The van der Waals surface area contributed by atoms with Crippen LogP contribution in [-0.4, -0.2) is 69.1 Å². The average Bonchev–Trinajstić information content (AvgIpc) is 2.76. The summed E-state index contributed by atoms with van der Waals surface area (Å²) in [4.78, 5) is 33.1. The van der Waals surface area contributed by atoms with Crippen LogP contribution in [0.4, 0.5) is 13.6 Å². The summed E-state index contributed by atoms with van der Waals surface area (Å²) in [5, 5.41) is 2.39. The number of nitrogens with zero attached hydrogens (tertiary/aromatic N) is 1. The van der Waals surface area contributed by atoms with E-state index in [9.17, 15) is 23.2 Å². The minimum Gasteiger partial charge on any atom is -0.468 e. The molecule has 2 atom stereocenters. The van der Waals surface area contributed by atoms with Gasteiger partial charge in [0.1, 0.15) is 12.3 Å². The standard InChI is InChI=1S/C7H11F2NO2.C7H13NO3/c1-10-4-7(8,9)3-5(10)6(11)12-2;1-5(2)6(4-9)8-7(10)11-3/h5H,3-4H2,1-2H3;4-6H,1-3H3,(H,8,10). The smallest absolute Gasteiger partial charge is 0.407 e. The fourth-order valence-electron chi connectivity index (χ4n) is 1.93. The van der Waals surface area contributed by atoms with Gasteiger partial charge in [0.2, 0.25) is 0 Å². The summed E-state index contributed by atoms with van der Waals surface area (Å²) in [7, 11) is 3.95. The quantitative estimate of drug-likeness (QED) is 0.610. The first-order valence-electron chi connectivity index (χ1n) is 7.03. The van der Waals surface area contributed by atoms with Gasteiger partial charge in [-0.15, -0.1) is 0 Å². The number of nitrogens with one attached hydrogen (secondary N) is 1. The molecule has 0 aliphatic carbocycles. The highest BCUT2D eigenvalue weighted by atomic mass is 19.3. The van der Waals surface area contributed by atoms with E-state index < -0.39 is 36.5 Å². The Morgan fingerprint density at radius 2 is 1.87 bits per heavy atom. The molecule has 0 saturated carbocycles. The van der Waals surface area contributed by atoms with Crippen molar-refractivity contribution in [2.75, 3.05) is 27.8 Å². The molecule has 1 aliphatic heterocycles. The molecule has 1 fully saturated rings. The van der Waals surface area contributed by atoms with Gasteiger partial charge in [0.15, 0.2) is 0 Å². The van der Waals surface area contributed by atoms with E-state index >= 15 is 0 Å². The molecular formula is C14H24F2N2O5. The highest BCUT2D eigenvalue weighted by Crippen LogP contribution is 2.31. The molecule has 0 radical (unpaired) electrons. The van der Waals surface area contributed by atoms with Crippen LogP contribution in [0, 0.1) is 5.92 Å². The fraction of sp³-hybridized carbons (Fsp3) is 0.786. The van der Waals surface area contributed by atoms with Crippen molar-refractivity contribution in [2.45, 2.75) is 38.3 Å². The molecule has 23 heavy (non-hydrogen) atoms. The highest BCUT2D eigenvalue weighted by molar-refractivity contribution is 5.76. The normalized spacial score (nSPS) is 21.0. The SMILES string of the molecule is COC(=O)C1CC(F)(F)CN1C.COC(=O)NC(C=O)C(C)C. The van der Waals surface area contributed by atoms with Crippen LogP contribution in [0.15, 0.2) is 0 Å². The lowest BCUT2D eigenvalue weighted by Crippen LogP contribution is -2.39.